The molecule has 1 aromatic rings. The van der Waals surface area contributed by atoms with E-state index in [0.29, 0.717) is 0 Å². The van der Waals surface area contributed by atoms with Crippen molar-refractivity contribution in [2.45, 2.75) is 32.9 Å². The molecule has 0 bridgehead atoms. The summed E-state index contributed by atoms with van der Waals surface area (Å²) in [6, 6.07) is 6.17. The molecule has 0 aliphatic heterocycles. The third kappa shape index (κ3) is 2.34. The van der Waals surface area contributed by atoms with Gasteiger partial charge in [-0.2, -0.15) is 0 Å². The highest BCUT2D eigenvalue weighted by Gasteiger charge is 2.14. The number of aliphatic hydroxyl groups is 1. The summed E-state index contributed by atoms with van der Waals surface area (Å²) < 4.78 is 0. The first-order chi connectivity index (χ1) is 6.56. The number of aliphatic hydroxyl groups excluding tert-OH is 1. The van der Waals surface area contributed by atoms with Gasteiger partial charge in [0.2, 0.25) is 0 Å². The largest absolute Gasteiger partial charge is 0.387 e. The van der Waals surface area contributed by atoms with Crippen LogP contribution in [0.25, 0.3) is 0 Å². The van der Waals surface area contributed by atoms with Gasteiger partial charge in [-0.15, -0.1) is 0 Å². The lowest BCUT2D eigenvalue weighted by Gasteiger charge is -2.19. The molecule has 2 nitrogen and oxygen atoms in total. The average molecular weight is 193 g/mol. The van der Waals surface area contributed by atoms with Crippen LogP contribution >= 0.6 is 0 Å². The van der Waals surface area contributed by atoms with E-state index in [1.807, 2.05) is 26.1 Å². The Labute approximate surface area is 86.0 Å². The summed E-state index contributed by atoms with van der Waals surface area (Å²) in [5, 5.41) is 13.0. The predicted molar refractivity (Wildman–Crippen MR) is 59.4 cm³/mol. The second kappa shape index (κ2) is 4.58. The zero-order valence-electron chi connectivity index (χ0n) is 9.33. The number of rotatable bonds is 3. The summed E-state index contributed by atoms with van der Waals surface area (Å²) >= 11 is 0. The maximum absolute atomic E-state index is 9.94. The molecule has 2 N–H and O–H groups in total. The van der Waals surface area contributed by atoms with Crippen LogP contribution in [0.15, 0.2) is 18.2 Å². The van der Waals surface area contributed by atoms with E-state index in [4.69, 9.17) is 0 Å². The molecule has 0 fully saturated rings. The van der Waals surface area contributed by atoms with Crippen molar-refractivity contribution in [2.24, 2.45) is 0 Å². The van der Waals surface area contributed by atoms with Crippen LogP contribution < -0.4 is 5.32 Å². The maximum Gasteiger partial charge on any atom is 0.0940 e. The fourth-order valence-corrected chi connectivity index (χ4v) is 1.40. The third-order valence-corrected chi connectivity index (χ3v) is 2.80. The minimum Gasteiger partial charge on any atom is -0.387 e. The predicted octanol–water partition coefficient (Wildman–Crippen LogP) is 1.94. The molecule has 0 amide bonds. The maximum atomic E-state index is 9.94. The number of benzene rings is 1. The van der Waals surface area contributed by atoms with Crippen LogP contribution in [0.1, 0.15) is 29.7 Å². The summed E-state index contributed by atoms with van der Waals surface area (Å²) in [7, 11) is 1.86. The molecule has 0 heterocycles. The first-order valence-corrected chi connectivity index (χ1v) is 4.98. The fraction of sp³-hybridized carbons (Fsp3) is 0.500. The SMILES string of the molecule is CNC(C)C(O)c1ccc(C)c(C)c1. The molecule has 1 aromatic carbocycles. The Morgan fingerprint density at radius 2 is 1.86 bits per heavy atom. The molecule has 0 radical (unpaired) electrons. The first-order valence-electron chi connectivity index (χ1n) is 4.98. The van der Waals surface area contributed by atoms with E-state index in [-0.39, 0.29) is 6.04 Å². The van der Waals surface area contributed by atoms with Crippen molar-refractivity contribution >= 4 is 0 Å². The van der Waals surface area contributed by atoms with Crippen molar-refractivity contribution in [1.82, 2.24) is 5.32 Å². The average Bonchev–Trinajstić information content (AvgIpc) is 2.20. The van der Waals surface area contributed by atoms with Crippen molar-refractivity contribution in [3.8, 4) is 0 Å². The van der Waals surface area contributed by atoms with Gasteiger partial charge >= 0.3 is 0 Å². The molecule has 2 heteroatoms. The smallest absolute Gasteiger partial charge is 0.0940 e. The molecule has 0 aromatic heterocycles. The molecule has 78 valence electrons. The van der Waals surface area contributed by atoms with Crippen LogP contribution in [-0.4, -0.2) is 18.2 Å². The van der Waals surface area contributed by atoms with Crippen LogP contribution in [0.3, 0.4) is 0 Å². The molecule has 0 aliphatic rings. The molecule has 0 aliphatic carbocycles. The second-order valence-corrected chi connectivity index (χ2v) is 3.87. The standard InChI is InChI=1S/C12H19NO/c1-8-5-6-11(7-9(8)2)12(14)10(3)13-4/h5-7,10,12-14H,1-4H3. The lowest BCUT2D eigenvalue weighted by atomic mass is 9.99. The summed E-state index contributed by atoms with van der Waals surface area (Å²) in [4.78, 5) is 0. The van der Waals surface area contributed by atoms with Crippen molar-refractivity contribution in [3.05, 3.63) is 34.9 Å². The van der Waals surface area contributed by atoms with Crippen molar-refractivity contribution in [3.63, 3.8) is 0 Å². The Morgan fingerprint density at radius 1 is 1.21 bits per heavy atom. The molecular weight excluding hydrogens is 174 g/mol. The van der Waals surface area contributed by atoms with Gasteiger partial charge in [-0.25, -0.2) is 0 Å². The van der Waals surface area contributed by atoms with Crippen molar-refractivity contribution in [2.75, 3.05) is 7.05 Å². The van der Waals surface area contributed by atoms with Gasteiger partial charge in [0.25, 0.3) is 0 Å². The number of aryl methyl sites for hydroxylation is 2. The van der Waals surface area contributed by atoms with E-state index < -0.39 is 6.10 Å². The van der Waals surface area contributed by atoms with Crippen LogP contribution in [0.4, 0.5) is 0 Å². The lowest BCUT2D eigenvalue weighted by Crippen LogP contribution is -2.28. The highest BCUT2D eigenvalue weighted by molar-refractivity contribution is 5.31. The van der Waals surface area contributed by atoms with Gasteiger partial charge in [0.05, 0.1) is 6.10 Å². The van der Waals surface area contributed by atoms with E-state index >= 15 is 0 Å². The molecule has 2 unspecified atom stereocenters. The van der Waals surface area contributed by atoms with Gasteiger partial charge in [-0.1, -0.05) is 18.2 Å². The van der Waals surface area contributed by atoms with Gasteiger partial charge < -0.3 is 10.4 Å². The Hall–Kier alpha value is -0.860. The second-order valence-electron chi connectivity index (χ2n) is 3.87. The minimum atomic E-state index is -0.431. The minimum absolute atomic E-state index is 0.0807. The van der Waals surface area contributed by atoms with Gasteiger partial charge in [0.15, 0.2) is 0 Å². The summed E-state index contributed by atoms with van der Waals surface area (Å²) in [5.41, 5.74) is 3.47. The van der Waals surface area contributed by atoms with E-state index in [0.717, 1.165) is 5.56 Å². The zero-order valence-corrected chi connectivity index (χ0v) is 9.33. The lowest BCUT2D eigenvalue weighted by molar-refractivity contribution is 0.140. The normalized spacial score (nSPS) is 15.2. The van der Waals surface area contributed by atoms with Crippen LogP contribution in [0.2, 0.25) is 0 Å². The van der Waals surface area contributed by atoms with Gasteiger partial charge in [0.1, 0.15) is 0 Å². The monoisotopic (exact) mass is 193 g/mol. The van der Waals surface area contributed by atoms with Crippen molar-refractivity contribution < 1.29 is 5.11 Å². The Balaban J connectivity index is 2.91. The van der Waals surface area contributed by atoms with Crippen molar-refractivity contribution in [1.29, 1.82) is 0 Å². The molecule has 2 atom stereocenters. The zero-order chi connectivity index (χ0) is 10.7. The molecule has 14 heavy (non-hydrogen) atoms. The van der Waals surface area contributed by atoms with E-state index in [1.165, 1.54) is 11.1 Å². The summed E-state index contributed by atoms with van der Waals surface area (Å²) in [5.74, 6) is 0. The van der Waals surface area contributed by atoms with Gasteiger partial charge in [-0.3, -0.25) is 0 Å². The highest BCUT2D eigenvalue weighted by atomic mass is 16.3. The number of nitrogens with one attached hydrogen (secondary N) is 1. The fourth-order valence-electron chi connectivity index (χ4n) is 1.40. The molecular formula is C12H19NO. The van der Waals surface area contributed by atoms with E-state index in [9.17, 15) is 5.11 Å². The van der Waals surface area contributed by atoms with Gasteiger partial charge in [-0.05, 0) is 44.5 Å². The first kappa shape index (κ1) is 11.2. The van der Waals surface area contributed by atoms with Crippen LogP contribution in [-0.2, 0) is 0 Å². The van der Waals surface area contributed by atoms with Gasteiger partial charge in [0, 0.05) is 6.04 Å². The number of likely N-dealkylation sites (N-methyl/N-ethyl adjacent to an activating group) is 1. The third-order valence-electron chi connectivity index (χ3n) is 2.80. The number of hydrogen-bond donors (Lipinski definition) is 2. The molecule has 0 saturated carbocycles. The summed E-state index contributed by atoms with van der Waals surface area (Å²) in [6.45, 7) is 6.11. The Kier molecular flexibility index (Phi) is 3.67. The molecule has 0 saturated heterocycles. The van der Waals surface area contributed by atoms with E-state index in [1.54, 1.807) is 0 Å². The molecule has 0 spiro atoms. The van der Waals surface area contributed by atoms with Crippen LogP contribution in [0, 0.1) is 13.8 Å². The quantitative estimate of drug-likeness (QED) is 0.769. The Bertz CT molecular complexity index is 309. The number of hydrogen-bond acceptors (Lipinski definition) is 2. The molecule has 1 rings (SSSR count). The van der Waals surface area contributed by atoms with Crippen LogP contribution in [0.5, 0.6) is 0 Å². The topological polar surface area (TPSA) is 32.3 Å². The Morgan fingerprint density at radius 3 is 2.36 bits per heavy atom. The summed E-state index contributed by atoms with van der Waals surface area (Å²) in [6.07, 6.45) is -0.431. The highest BCUT2D eigenvalue weighted by Crippen LogP contribution is 2.19. The van der Waals surface area contributed by atoms with E-state index in [2.05, 4.69) is 25.2 Å².